The lowest BCUT2D eigenvalue weighted by Gasteiger charge is -2.49. The molecule has 0 spiro atoms. The largest absolute Gasteiger partial charge is 0.399 e. The van der Waals surface area contributed by atoms with Crippen LogP contribution in [0.3, 0.4) is 0 Å². The lowest BCUT2D eigenvalue weighted by molar-refractivity contribution is 0.0695. The summed E-state index contributed by atoms with van der Waals surface area (Å²) in [6.07, 6.45) is 0. The number of nitrogens with zero attached hydrogens (tertiary/aromatic N) is 2. The second-order valence-corrected chi connectivity index (χ2v) is 8.81. The molecule has 1 aliphatic heterocycles. The van der Waals surface area contributed by atoms with Crippen molar-refractivity contribution >= 4 is 5.69 Å². The van der Waals surface area contributed by atoms with Crippen LogP contribution in [0.1, 0.15) is 22.3 Å². The third kappa shape index (κ3) is 4.30. The minimum atomic E-state index is -0.322. The molecule has 3 heteroatoms. The Balaban J connectivity index is 1.51. The van der Waals surface area contributed by atoms with E-state index in [2.05, 4.69) is 113 Å². The van der Waals surface area contributed by atoms with Crippen LogP contribution in [0.25, 0.3) is 0 Å². The molecule has 0 atom stereocenters. The number of nitrogen functional groups attached to an aromatic ring is 1. The first kappa shape index (κ1) is 21.4. The lowest BCUT2D eigenvalue weighted by atomic mass is 9.75. The van der Waals surface area contributed by atoms with E-state index in [0.717, 1.165) is 38.4 Å². The Bertz CT molecular complexity index is 1040. The second kappa shape index (κ2) is 9.62. The Morgan fingerprint density at radius 3 is 1.39 bits per heavy atom. The zero-order valence-electron chi connectivity index (χ0n) is 19.0. The van der Waals surface area contributed by atoms with E-state index in [4.69, 9.17) is 5.73 Å². The van der Waals surface area contributed by atoms with Gasteiger partial charge in [0.25, 0.3) is 0 Å². The smallest absolute Gasteiger partial charge is 0.0973 e. The summed E-state index contributed by atoms with van der Waals surface area (Å²) in [6.45, 7) is 5.00. The molecule has 0 aliphatic carbocycles. The molecular formula is C30H31N3. The van der Waals surface area contributed by atoms with Gasteiger partial charge in [-0.15, -0.1) is 0 Å². The van der Waals surface area contributed by atoms with Gasteiger partial charge in [-0.2, -0.15) is 0 Å². The Kier molecular flexibility index (Phi) is 6.25. The highest BCUT2D eigenvalue weighted by molar-refractivity contribution is 5.49. The Labute approximate surface area is 197 Å². The number of hydrogen-bond acceptors (Lipinski definition) is 3. The van der Waals surface area contributed by atoms with E-state index in [1.165, 1.54) is 22.3 Å². The highest BCUT2D eigenvalue weighted by Gasteiger charge is 2.43. The molecule has 1 heterocycles. The predicted octanol–water partition coefficient (Wildman–Crippen LogP) is 5.38. The third-order valence-electron chi connectivity index (χ3n) is 6.81. The van der Waals surface area contributed by atoms with Gasteiger partial charge in [0, 0.05) is 38.4 Å². The predicted molar refractivity (Wildman–Crippen MR) is 137 cm³/mol. The van der Waals surface area contributed by atoms with E-state index in [-0.39, 0.29) is 5.54 Å². The van der Waals surface area contributed by atoms with E-state index in [9.17, 15) is 0 Å². The lowest BCUT2D eigenvalue weighted by Crippen LogP contribution is -2.56. The highest BCUT2D eigenvalue weighted by Crippen LogP contribution is 2.42. The maximum absolute atomic E-state index is 5.87. The van der Waals surface area contributed by atoms with Crippen molar-refractivity contribution in [1.29, 1.82) is 0 Å². The molecule has 2 N–H and O–H groups in total. The molecule has 0 radical (unpaired) electrons. The fourth-order valence-corrected chi connectivity index (χ4v) is 5.21. The molecule has 166 valence electrons. The minimum absolute atomic E-state index is 0.322. The van der Waals surface area contributed by atoms with Crippen molar-refractivity contribution in [2.24, 2.45) is 0 Å². The number of anilines is 1. The van der Waals surface area contributed by atoms with Gasteiger partial charge in [0.05, 0.1) is 5.54 Å². The van der Waals surface area contributed by atoms with E-state index < -0.39 is 0 Å². The van der Waals surface area contributed by atoms with Crippen LogP contribution in [-0.2, 0) is 12.1 Å². The summed E-state index contributed by atoms with van der Waals surface area (Å²) in [5.74, 6) is 0. The van der Waals surface area contributed by atoms with Gasteiger partial charge in [0.2, 0.25) is 0 Å². The molecule has 1 aliphatic rings. The fraction of sp³-hybridized carbons (Fsp3) is 0.200. The number of nitrogens with two attached hydrogens (primary N) is 1. The Hall–Kier alpha value is -3.40. The van der Waals surface area contributed by atoms with Crippen molar-refractivity contribution in [2.75, 3.05) is 31.9 Å². The van der Waals surface area contributed by atoms with Crippen molar-refractivity contribution in [2.45, 2.75) is 12.1 Å². The first-order chi connectivity index (χ1) is 16.3. The first-order valence-corrected chi connectivity index (χ1v) is 11.8. The summed E-state index contributed by atoms with van der Waals surface area (Å²) in [4.78, 5) is 5.22. The number of benzene rings is 4. The van der Waals surface area contributed by atoms with Gasteiger partial charge in [-0.3, -0.25) is 9.80 Å². The van der Waals surface area contributed by atoms with Crippen LogP contribution in [0.15, 0.2) is 115 Å². The van der Waals surface area contributed by atoms with Gasteiger partial charge in [0.15, 0.2) is 0 Å². The molecule has 0 saturated carbocycles. The van der Waals surface area contributed by atoms with Crippen LogP contribution in [0.2, 0.25) is 0 Å². The quantitative estimate of drug-likeness (QED) is 0.327. The second-order valence-electron chi connectivity index (χ2n) is 8.81. The first-order valence-electron chi connectivity index (χ1n) is 11.8. The zero-order chi connectivity index (χ0) is 22.5. The average Bonchev–Trinajstić information content (AvgIpc) is 2.89. The molecule has 1 saturated heterocycles. The SMILES string of the molecule is Nc1ccc(CN2CCN(C(c3ccccc3)(c3ccccc3)c3ccccc3)CC2)cc1. The van der Waals surface area contributed by atoms with Crippen molar-refractivity contribution in [3.8, 4) is 0 Å². The van der Waals surface area contributed by atoms with Gasteiger partial charge in [-0.1, -0.05) is 103 Å². The number of hydrogen-bond donors (Lipinski definition) is 1. The molecule has 0 aromatic heterocycles. The van der Waals surface area contributed by atoms with E-state index in [0.29, 0.717) is 0 Å². The molecule has 0 amide bonds. The monoisotopic (exact) mass is 433 g/mol. The summed E-state index contributed by atoms with van der Waals surface area (Å²) in [7, 11) is 0. The Morgan fingerprint density at radius 2 is 0.970 bits per heavy atom. The molecule has 0 bridgehead atoms. The molecule has 3 nitrogen and oxygen atoms in total. The maximum atomic E-state index is 5.87. The van der Waals surface area contributed by atoms with Crippen molar-refractivity contribution < 1.29 is 0 Å². The van der Waals surface area contributed by atoms with Crippen molar-refractivity contribution in [3.05, 3.63) is 138 Å². The normalized spacial score (nSPS) is 15.4. The van der Waals surface area contributed by atoms with E-state index in [1.54, 1.807) is 0 Å². The van der Waals surface area contributed by atoms with E-state index >= 15 is 0 Å². The summed E-state index contributed by atoms with van der Waals surface area (Å²) in [6, 6.07) is 41.2. The molecule has 4 aromatic rings. The average molecular weight is 434 g/mol. The van der Waals surface area contributed by atoms with Crippen LogP contribution in [0, 0.1) is 0 Å². The van der Waals surface area contributed by atoms with Crippen molar-refractivity contribution in [1.82, 2.24) is 9.80 Å². The van der Waals surface area contributed by atoms with Gasteiger partial charge in [0.1, 0.15) is 0 Å². The van der Waals surface area contributed by atoms with Gasteiger partial charge in [-0.25, -0.2) is 0 Å². The molecule has 5 rings (SSSR count). The van der Waals surface area contributed by atoms with Crippen LogP contribution in [-0.4, -0.2) is 36.0 Å². The fourth-order valence-electron chi connectivity index (χ4n) is 5.21. The Morgan fingerprint density at radius 1 is 0.545 bits per heavy atom. The van der Waals surface area contributed by atoms with Crippen LogP contribution < -0.4 is 5.73 Å². The van der Waals surface area contributed by atoms with E-state index in [1.807, 2.05) is 12.1 Å². The number of rotatable bonds is 6. The molecule has 1 fully saturated rings. The highest BCUT2D eigenvalue weighted by atomic mass is 15.3. The third-order valence-corrected chi connectivity index (χ3v) is 6.81. The summed E-state index contributed by atoms with van der Waals surface area (Å²) >= 11 is 0. The van der Waals surface area contributed by atoms with Crippen LogP contribution >= 0.6 is 0 Å². The minimum Gasteiger partial charge on any atom is -0.399 e. The van der Waals surface area contributed by atoms with Crippen LogP contribution in [0.4, 0.5) is 5.69 Å². The summed E-state index contributed by atoms with van der Waals surface area (Å²) in [5.41, 5.74) is 11.6. The topological polar surface area (TPSA) is 32.5 Å². The standard InChI is InChI=1S/C30H31N3/c31-29-18-16-25(17-19-29)24-32-20-22-33(23-21-32)30(26-10-4-1-5-11-26,27-12-6-2-7-13-27)28-14-8-3-9-15-28/h1-19H,20-24,31H2. The van der Waals surface area contributed by atoms with Gasteiger partial charge >= 0.3 is 0 Å². The zero-order valence-corrected chi connectivity index (χ0v) is 19.0. The summed E-state index contributed by atoms with van der Waals surface area (Å²) < 4.78 is 0. The molecular weight excluding hydrogens is 402 g/mol. The molecule has 4 aromatic carbocycles. The number of piperazine rings is 1. The maximum Gasteiger partial charge on any atom is 0.0973 e. The molecule has 0 unspecified atom stereocenters. The van der Waals surface area contributed by atoms with Crippen molar-refractivity contribution in [3.63, 3.8) is 0 Å². The molecule has 33 heavy (non-hydrogen) atoms. The van der Waals surface area contributed by atoms with Crippen LogP contribution in [0.5, 0.6) is 0 Å². The van der Waals surface area contributed by atoms with Gasteiger partial charge in [-0.05, 0) is 34.4 Å². The van der Waals surface area contributed by atoms with Gasteiger partial charge < -0.3 is 5.73 Å². The summed E-state index contributed by atoms with van der Waals surface area (Å²) in [5, 5.41) is 0.